The van der Waals surface area contributed by atoms with Crippen molar-refractivity contribution in [2.45, 2.75) is 32.3 Å². The number of ether oxygens (including phenoxy) is 1. The molecule has 0 aliphatic carbocycles. The molecule has 2 rings (SSSR count). The summed E-state index contributed by atoms with van der Waals surface area (Å²) < 4.78 is 5.71. The Kier molecular flexibility index (Phi) is 3.57. The lowest BCUT2D eigenvalue weighted by Crippen LogP contribution is -2.32. The summed E-state index contributed by atoms with van der Waals surface area (Å²) in [5.74, 6) is -0.0144. The van der Waals surface area contributed by atoms with E-state index in [0.29, 0.717) is 11.3 Å². The predicted octanol–water partition coefficient (Wildman–Crippen LogP) is 2.45. The topological polar surface area (TPSA) is 64.3 Å². The Balaban J connectivity index is 2.05. The van der Waals surface area contributed by atoms with Gasteiger partial charge in [-0.25, -0.2) is 0 Å². The van der Waals surface area contributed by atoms with Crippen LogP contribution in [0, 0.1) is 0 Å². The first-order valence-electron chi connectivity index (χ1n) is 6.28. The van der Waals surface area contributed by atoms with Gasteiger partial charge in [0.15, 0.2) is 5.78 Å². The summed E-state index contributed by atoms with van der Waals surface area (Å²) in [6, 6.07) is 5.45. The summed E-state index contributed by atoms with van der Waals surface area (Å²) in [4.78, 5) is 11.4. The van der Waals surface area contributed by atoms with Crippen molar-refractivity contribution in [3.8, 4) is 0 Å². The average molecular weight is 248 g/mol. The van der Waals surface area contributed by atoms with Gasteiger partial charge in [0, 0.05) is 30.1 Å². The van der Waals surface area contributed by atoms with Crippen molar-refractivity contribution in [2.24, 2.45) is 0 Å². The van der Waals surface area contributed by atoms with Gasteiger partial charge in [0.2, 0.25) is 0 Å². The van der Waals surface area contributed by atoms with Gasteiger partial charge in [0.05, 0.1) is 5.60 Å². The molecule has 0 spiro atoms. The molecule has 1 heterocycles. The van der Waals surface area contributed by atoms with Crippen LogP contribution in [0.1, 0.15) is 37.0 Å². The summed E-state index contributed by atoms with van der Waals surface area (Å²) in [6.45, 7) is 5.21. The van der Waals surface area contributed by atoms with Crippen LogP contribution in [0.15, 0.2) is 18.2 Å². The molecule has 98 valence electrons. The normalized spacial score (nSPS) is 23.0. The van der Waals surface area contributed by atoms with Gasteiger partial charge in [-0.15, -0.1) is 0 Å². The van der Waals surface area contributed by atoms with E-state index in [4.69, 9.17) is 10.5 Å². The lowest BCUT2D eigenvalue weighted by Gasteiger charge is -2.24. The van der Waals surface area contributed by atoms with Crippen molar-refractivity contribution in [2.75, 3.05) is 24.2 Å². The second-order valence-corrected chi connectivity index (χ2v) is 5.11. The first-order valence-corrected chi connectivity index (χ1v) is 6.28. The second-order valence-electron chi connectivity index (χ2n) is 5.11. The van der Waals surface area contributed by atoms with Crippen LogP contribution in [0.4, 0.5) is 11.4 Å². The van der Waals surface area contributed by atoms with Crippen LogP contribution in [0.3, 0.4) is 0 Å². The lowest BCUT2D eigenvalue weighted by atomic mass is 10.0. The molecule has 0 saturated carbocycles. The van der Waals surface area contributed by atoms with Gasteiger partial charge in [-0.2, -0.15) is 0 Å². The maximum Gasteiger partial charge on any atom is 0.161 e. The highest BCUT2D eigenvalue weighted by Gasteiger charge is 2.29. The number of Topliss-reactive ketones (excluding diaryl/α,β-unsaturated/α-hetero) is 1. The number of hydrogen-bond donors (Lipinski definition) is 2. The highest BCUT2D eigenvalue weighted by molar-refractivity contribution is 6.00. The minimum atomic E-state index is -0.0994. The molecule has 1 aromatic carbocycles. The minimum Gasteiger partial charge on any atom is -0.398 e. The van der Waals surface area contributed by atoms with Crippen LogP contribution in [0.2, 0.25) is 0 Å². The van der Waals surface area contributed by atoms with E-state index in [-0.39, 0.29) is 11.4 Å². The van der Waals surface area contributed by atoms with Gasteiger partial charge < -0.3 is 15.8 Å². The molecule has 1 aromatic rings. The highest BCUT2D eigenvalue weighted by atomic mass is 16.5. The van der Waals surface area contributed by atoms with E-state index in [2.05, 4.69) is 12.2 Å². The van der Waals surface area contributed by atoms with E-state index in [0.717, 1.165) is 31.7 Å². The maximum atomic E-state index is 11.4. The monoisotopic (exact) mass is 248 g/mol. The number of nitrogen functional groups attached to an aromatic ring is 1. The van der Waals surface area contributed by atoms with Crippen molar-refractivity contribution in [3.05, 3.63) is 23.8 Å². The van der Waals surface area contributed by atoms with E-state index in [1.165, 1.54) is 6.92 Å². The third-order valence-corrected chi connectivity index (χ3v) is 3.40. The van der Waals surface area contributed by atoms with Crippen LogP contribution in [-0.4, -0.2) is 24.5 Å². The molecule has 0 radical (unpaired) electrons. The Labute approximate surface area is 108 Å². The molecule has 4 heteroatoms. The largest absolute Gasteiger partial charge is 0.398 e. The number of rotatable bonds is 4. The second kappa shape index (κ2) is 4.98. The minimum absolute atomic E-state index is 0.0144. The molecule has 0 bridgehead atoms. The summed E-state index contributed by atoms with van der Waals surface area (Å²) >= 11 is 0. The van der Waals surface area contributed by atoms with Gasteiger partial charge in [-0.1, -0.05) is 0 Å². The highest BCUT2D eigenvalue weighted by Crippen LogP contribution is 2.26. The van der Waals surface area contributed by atoms with Crippen molar-refractivity contribution >= 4 is 17.2 Å². The zero-order valence-electron chi connectivity index (χ0n) is 11.0. The molecule has 0 aromatic heterocycles. The number of anilines is 2. The van der Waals surface area contributed by atoms with Gasteiger partial charge in [-0.3, -0.25) is 4.79 Å². The van der Waals surface area contributed by atoms with Gasteiger partial charge in [-0.05, 0) is 44.9 Å². The average Bonchev–Trinajstić information content (AvgIpc) is 2.75. The SMILES string of the molecule is CC(=O)c1cc(NCC2(C)CCCO2)ccc1N. The van der Waals surface area contributed by atoms with E-state index in [9.17, 15) is 4.79 Å². The molecule has 0 amide bonds. The quantitative estimate of drug-likeness (QED) is 0.634. The molecule has 1 unspecified atom stereocenters. The van der Waals surface area contributed by atoms with Gasteiger partial charge in [0.1, 0.15) is 0 Å². The Bertz CT molecular complexity index is 451. The van der Waals surface area contributed by atoms with Gasteiger partial charge in [0.25, 0.3) is 0 Å². The number of nitrogens with one attached hydrogen (secondary N) is 1. The van der Waals surface area contributed by atoms with E-state index < -0.39 is 0 Å². The first kappa shape index (κ1) is 12.9. The maximum absolute atomic E-state index is 11.4. The Morgan fingerprint density at radius 3 is 2.94 bits per heavy atom. The summed E-state index contributed by atoms with van der Waals surface area (Å²) in [6.07, 6.45) is 2.17. The standard InChI is InChI=1S/C14H20N2O2/c1-10(17)12-8-11(4-5-13(12)15)16-9-14(2)6-3-7-18-14/h4-5,8,16H,3,6-7,9,15H2,1-2H3. The molecule has 1 saturated heterocycles. The van der Waals surface area contributed by atoms with Crippen molar-refractivity contribution in [3.63, 3.8) is 0 Å². The van der Waals surface area contributed by atoms with Crippen LogP contribution < -0.4 is 11.1 Å². The number of benzene rings is 1. The Morgan fingerprint density at radius 2 is 2.33 bits per heavy atom. The lowest BCUT2D eigenvalue weighted by molar-refractivity contribution is 0.0315. The third-order valence-electron chi connectivity index (χ3n) is 3.40. The molecule has 1 atom stereocenters. The van der Waals surface area contributed by atoms with Crippen LogP contribution in [0.5, 0.6) is 0 Å². The molecule has 3 N–H and O–H groups in total. The Hall–Kier alpha value is -1.55. The van der Waals surface area contributed by atoms with Crippen molar-refractivity contribution < 1.29 is 9.53 Å². The smallest absolute Gasteiger partial charge is 0.161 e. The fourth-order valence-corrected chi connectivity index (χ4v) is 2.24. The number of carbonyl (C=O) groups excluding carboxylic acids is 1. The van der Waals surface area contributed by atoms with Gasteiger partial charge >= 0.3 is 0 Å². The number of hydrogen-bond acceptors (Lipinski definition) is 4. The number of ketones is 1. The third kappa shape index (κ3) is 2.82. The molecule has 1 aliphatic rings. The summed E-state index contributed by atoms with van der Waals surface area (Å²) in [5.41, 5.74) is 7.66. The molecule has 18 heavy (non-hydrogen) atoms. The number of nitrogens with two attached hydrogens (primary N) is 1. The van der Waals surface area contributed by atoms with E-state index in [1.807, 2.05) is 6.07 Å². The number of carbonyl (C=O) groups is 1. The van der Waals surface area contributed by atoms with Crippen LogP contribution in [-0.2, 0) is 4.74 Å². The fraction of sp³-hybridized carbons (Fsp3) is 0.500. The molecular formula is C14H20N2O2. The molecular weight excluding hydrogens is 228 g/mol. The van der Waals surface area contributed by atoms with Crippen molar-refractivity contribution in [1.29, 1.82) is 0 Å². The zero-order chi connectivity index (χ0) is 13.2. The summed E-state index contributed by atoms with van der Waals surface area (Å²) in [7, 11) is 0. The molecule has 1 fully saturated rings. The predicted molar refractivity (Wildman–Crippen MR) is 72.9 cm³/mol. The molecule has 4 nitrogen and oxygen atoms in total. The molecule has 1 aliphatic heterocycles. The summed E-state index contributed by atoms with van der Waals surface area (Å²) in [5, 5.41) is 3.32. The van der Waals surface area contributed by atoms with E-state index in [1.54, 1.807) is 12.1 Å². The Morgan fingerprint density at radius 1 is 1.56 bits per heavy atom. The van der Waals surface area contributed by atoms with E-state index >= 15 is 0 Å². The first-order chi connectivity index (χ1) is 8.50. The van der Waals surface area contributed by atoms with Crippen LogP contribution >= 0.6 is 0 Å². The van der Waals surface area contributed by atoms with Crippen LogP contribution in [0.25, 0.3) is 0 Å². The van der Waals surface area contributed by atoms with Crippen molar-refractivity contribution in [1.82, 2.24) is 0 Å². The fourth-order valence-electron chi connectivity index (χ4n) is 2.24. The zero-order valence-corrected chi connectivity index (χ0v) is 11.0.